The maximum absolute atomic E-state index is 14.7. The van der Waals surface area contributed by atoms with Gasteiger partial charge in [0.1, 0.15) is 23.1 Å². The minimum Gasteiger partial charge on any atom is -0.497 e. The van der Waals surface area contributed by atoms with E-state index in [1.807, 2.05) is 68.4 Å². The molecule has 1 fully saturated rings. The number of aromatic nitrogens is 5. The van der Waals surface area contributed by atoms with Crippen LogP contribution in [0, 0.1) is 12.7 Å². The summed E-state index contributed by atoms with van der Waals surface area (Å²) in [5.74, 6) is 2.44. The summed E-state index contributed by atoms with van der Waals surface area (Å²) >= 11 is 0. The molecular formula is C38H44FN9O5S. The lowest BCUT2D eigenvalue weighted by molar-refractivity contribution is 0.122. The Bertz CT molecular complexity index is 2130. The number of sulfonamides is 1. The van der Waals surface area contributed by atoms with E-state index in [1.54, 1.807) is 20.4 Å². The number of hydrogen-bond acceptors (Lipinski definition) is 13. The molecule has 0 amide bonds. The van der Waals surface area contributed by atoms with Crippen LogP contribution in [-0.2, 0) is 29.7 Å². The van der Waals surface area contributed by atoms with Crippen molar-refractivity contribution in [3.05, 3.63) is 101 Å². The van der Waals surface area contributed by atoms with Crippen LogP contribution in [0.15, 0.2) is 73.1 Å². The highest BCUT2D eigenvalue weighted by Crippen LogP contribution is 2.31. The van der Waals surface area contributed by atoms with Crippen LogP contribution in [0.5, 0.6) is 17.4 Å². The van der Waals surface area contributed by atoms with E-state index in [0.717, 1.165) is 28.2 Å². The molecule has 1 unspecified atom stereocenters. The summed E-state index contributed by atoms with van der Waals surface area (Å²) in [6.45, 7) is 6.64. The van der Waals surface area contributed by atoms with Gasteiger partial charge in [-0.25, -0.2) is 27.8 Å². The molecule has 1 N–H and O–H groups in total. The molecule has 1 atom stereocenters. The van der Waals surface area contributed by atoms with Crippen LogP contribution in [0.4, 0.5) is 21.8 Å². The number of hydrogen-bond donors (Lipinski definition) is 1. The van der Waals surface area contributed by atoms with Crippen LogP contribution in [0.2, 0.25) is 0 Å². The average molecular weight is 758 g/mol. The normalized spacial score (nSPS) is 15.1. The van der Waals surface area contributed by atoms with E-state index in [0.29, 0.717) is 73.9 Å². The van der Waals surface area contributed by atoms with Crippen LogP contribution in [-0.4, -0.2) is 95.8 Å². The summed E-state index contributed by atoms with van der Waals surface area (Å²) in [4.78, 5) is 27.7. The highest BCUT2D eigenvalue weighted by molar-refractivity contribution is 7.88. The lowest BCUT2D eigenvalue weighted by atomic mass is 10.1. The molecule has 1 aliphatic rings. The second-order valence-corrected chi connectivity index (χ2v) is 15.1. The Morgan fingerprint density at radius 2 is 1.50 bits per heavy atom. The van der Waals surface area contributed by atoms with Crippen molar-refractivity contribution in [2.24, 2.45) is 0 Å². The van der Waals surface area contributed by atoms with Gasteiger partial charge in [-0.05, 0) is 60.9 Å². The third kappa shape index (κ3) is 9.37. The van der Waals surface area contributed by atoms with Gasteiger partial charge in [-0.3, -0.25) is 4.90 Å². The Balaban J connectivity index is 1.39. The fraction of sp³-hybridized carbons (Fsp3) is 0.342. The molecule has 4 heterocycles. The number of methoxy groups -OCH3 is 3. The van der Waals surface area contributed by atoms with Crippen molar-refractivity contribution in [2.75, 3.05) is 57.4 Å². The number of benzene rings is 2. The zero-order valence-corrected chi connectivity index (χ0v) is 32.0. The predicted molar refractivity (Wildman–Crippen MR) is 204 cm³/mol. The molecule has 2 aromatic carbocycles. The maximum atomic E-state index is 14.7. The van der Waals surface area contributed by atoms with Crippen molar-refractivity contribution in [1.29, 1.82) is 0 Å². The molecule has 0 radical (unpaired) electrons. The Hall–Kier alpha value is -5.45. The number of nitrogens with one attached hydrogen (secondary N) is 1. The molecule has 284 valence electrons. The third-order valence-corrected chi connectivity index (χ3v) is 10.4. The van der Waals surface area contributed by atoms with E-state index in [-0.39, 0.29) is 11.9 Å². The molecule has 1 aliphatic heterocycles. The number of aryl methyl sites for hydroxylation is 1. The largest absolute Gasteiger partial charge is 0.497 e. The van der Waals surface area contributed by atoms with Gasteiger partial charge in [-0.2, -0.15) is 14.3 Å². The van der Waals surface area contributed by atoms with Gasteiger partial charge in [0.2, 0.25) is 21.9 Å². The van der Waals surface area contributed by atoms with Gasteiger partial charge in [0.25, 0.3) is 0 Å². The van der Waals surface area contributed by atoms with Crippen molar-refractivity contribution in [1.82, 2.24) is 34.1 Å². The Kier molecular flexibility index (Phi) is 11.8. The second-order valence-electron chi connectivity index (χ2n) is 13.1. The zero-order chi connectivity index (χ0) is 38.4. The third-order valence-electron chi connectivity index (χ3n) is 9.11. The number of piperazine rings is 1. The molecule has 3 aromatic heterocycles. The van der Waals surface area contributed by atoms with Gasteiger partial charge in [0.15, 0.2) is 11.6 Å². The van der Waals surface area contributed by atoms with Crippen molar-refractivity contribution < 1.29 is 27.0 Å². The van der Waals surface area contributed by atoms with E-state index in [9.17, 15) is 12.8 Å². The van der Waals surface area contributed by atoms with Gasteiger partial charge in [0, 0.05) is 57.6 Å². The van der Waals surface area contributed by atoms with Crippen LogP contribution in [0.1, 0.15) is 29.4 Å². The smallest absolute Gasteiger partial charge is 0.250 e. The first kappa shape index (κ1) is 38.3. The molecule has 54 heavy (non-hydrogen) atoms. The van der Waals surface area contributed by atoms with E-state index in [2.05, 4.69) is 20.1 Å². The predicted octanol–water partition coefficient (Wildman–Crippen LogP) is 5.22. The fourth-order valence-electron chi connectivity index (χ4n) is 6.21. The summed E-state index contributed by atoms with van der Waals surface area (Å²) in [6, 6.07) is 18.9. The highest BCUT2D eigenvalue weighted by Gasteiger charge is 2.29. The number of anilines is 3. The van der Waals surface area contributed by atoms with Crippen molar-refractivity contribution in [3.63, 3.8) is 0 Å². The lowest BCUT2D eigenvalue weighted by Crippen LogP contribution is -2.52. The molecule has 5 aromatic rings. The maximum Gasteiger partial charge on any atom is 0.250 e. The quantitative estimate of drug-likeness (QED) is 0.158. The Morgan fingerprint density at radius 1 is 0.852 bits per heavy atom. The van der Waals surface area contributed by atoms with Crippen molar-refractivity contribution in [2.45, 2.75) is 39.5 Å². The minimum absolute atomic E-state index is 0.0291. The number of pyridine rings is 2. The number of halogens is 1. The number of nitrogens with zero attached hydrogens (tertiary/aromatic N) is 8. The number of rotatable bonds is 14. The van der Waals surface area contributed by atoms with Gasteiger partial charge in [-0.1, -0.05) is 24.3 Å². The first-order chi connectivity index (χ1) is 25.9. The summed E-state index contributed by atoms with van der Waals surface area (Å²) < 4.78 is 56.5. The second kappa shape index (κ2) is 16.7. The zero-order valence-electron chi connectivity index (χ0n) is 31.2. The molecule has 0 aliphatic carbocycles. The highest BCUT2D eigenvalue weighted by atomic mass is 32.2. The Labute approximate surface area is 315 Å². The van der Waals surface area contributed by atoms with Crippen molar-refractivity contribution in [3.8, 4) is 28.8 Å². The summed E-state index contributed by atoms with van der Waals surface area (Å²) in [6.07, 6.45) is 4.44. The molecule has 0 spiro atoms. The first-order valence-electron chi connectivity index (χ1n) is 17.3. The fourth-order valence-corrected chi connectivity index (χ4v) is 7.11. The van der Waals surface area contributed by atoms with E-state index >= 15 is 0 Å². The van der Waals surface area contributed by atoms with E-state index < -0.39 is 15.8 Å². The molecular weight excluding hydrogens is 714 g/mol. The van der Waals surface area contributed by atoms with Crippen LogP contribution < -0.4 is 24.4 Å². The topological polar surface area (TPSA) is 148 Å². The summed E-state index contributed by atoms with van der Waals surface area (Å²) in [5, 5.41) is 3.20. The van der Waals surface area contributed by atoms with Crippen molar-refractivity contribution >= 4 is 27.5 Å². The van der Waals surface area contributed by atoms with Gasteiger partial charge >= 0.3 is 0 Å². The molecule has 6 rings (SSSR count). The minimum atomic E-state index is -3.29. The van der Waals surface area contributed by atoms with Crippen LogP contribution >= 0.6 is 0 Å². The molecule has 1 saturated heterocycles. The first-order valence-corrected chi connectivity index (χ1v) is 19.2. The molecule has 0 bridgehead atoms. The van der Waals surface area contributed by atoms with Crippen LogP contribution in [0.3, 0.4) is 0 Å². The summed E-state index contributed by atoms with van der Waals surface area (Å²) in [5.41, 5.74) is 3.82. The number of ether oxygens (including phenoxy) is 3. The average Bonchev–Trinajstić information content (AvgIpc) is 3.16. The summed E-state index contributed by atoms with van der Waals surface area (Å²) in [7, 11) is 1.33. The van der Waals surface area contributed by atoms with Crippen LogP contribution in [0.25, 0.3) is 11.4 Å². The van der Waals surface area contributed by atoms with E-state index in [1.165, 1.54) is 29.9 Å². The van der Waals surface area contributed by atoms with E-state index in [4.69, 9.17) is 34.1 Å². The van der Waals surface area contributed by atoms with Gasteiger partial charge in [0.05, 0.1) is 45.0 Å². The molecule has 14 nitrogen and oxygen atoms in total. The lowest BCUT2D eigenvalue weighted by Gasteiger charge is -2.38. The molecule has 0 saturated carbocycles. The monoisotopic (exact) mass is 757 g/mol. The van der Waals surface area contributed by atoms with Gasteiger partial charge in [-0.15, -0.1) is 0 Å². The standard InChI is InChI=1S/C38H44FN9O5S/c1-25-21-48(54(6,49)50)16-15-46(25)24-29-17-33(35(40-19-29)44-30-18-34(39)37(53-5)41-20-30)36-42-26(2)43-38(45-36)47(22-27-7-11-31(51-3)12-8-27)23-28-9-13-32(52-4)14-10-28/h7-14,17-20,25H,15-16,21-24H2,1-6H3,(H,40,44). The Morgan fingerprint density at radius 3 is 2.06 bits per heavy atom. The molecule has 16 heteroatoms. The SMILES string of the molecule is COc1ccc(CN(Cc2ccc(OC)cc2)c2nc(C)nc(-c3cc(CN4CCN(S(C)(=O)=O)CC4C)cnc3Nc3cnc(OC)c(F)c3)n2)cc1. The van der Waals surface area contributed by atoms with Gasteiger partial charge < -0.3 is 24.4 Å².